The molecule has 1 atom stereocenters. The van der Waals surface area contributed by atoms with Crippen LogP contribution in [0.25, 0.3) is 21.9 Å². The van der Waals surface area contributed by atoms with Gasteiger partial charge in [-0.2, -0.15) is 9.97 Å². The molecule has 9 nitrogen and oxygen atoms in total. The van der Waals surface area contributed by atoms with Gasteiger partial charge in [0.1, 0.15) is 23.1 Å². The Morgan fingerprint density at radius 1 is 1.26 bits per heavy atom. The van der Waals surface area contributed by atoms with Crippen LogP contribution in [0.3, 0.4) is 0 Å². The first-order valence-electron chi connectivity index (χ1n) is 11.3. The molecule has 1 aliphatic rings. The Kier molecular flexibility index (Phi) is 5.52. The third-order valence-corrected chi connectivity index (χ3v) is 6.12. The fraction of sp³-hybridized carbons (Fsp3) is 0.333. The van der Waals surface area contributed by atoms with Gasteiger partial charge in [-0.05, 0) is 45.4 Å². The van der Waals surface area contributed by atoms with Gasteiger partial charge in [-0.15, -0.1) is 0 Å². The molecule has 3 aromatic heterocycles. The predicted octanol–water partition coefficient (Wildman–Crippen LogP) is 4.06. The van der Waals surface area contributed by atoms with Crippen LogP contribution in [0.1, 0.15) is 26.6 Å². The maximum absolute atomic E-state index is 14.5. The van der Waals surface area contributed by atoms with E-state index in [-0.39, 0.29) is 17.9 Å². The zero-order valence-corrected chi connectivity index (χ0v) is 19.6. The molecule has 5 rings (SSSR count). The number of ether oxygens (including phenoxy) is 1. The summed E-state index contributed by atoms with van der Waals surface area (Å²) in [7, 11) is 0. The molecule has 0 amide bonds. The number of fused-ring (bicyclic) bond motifs is 3. The topological polar surface area (TPSA) is 118 Å². The quantitative estimate of drug-likeness (QED) is 0.367. The van der Waals surface area contributed by atoms with Gasteiger partial charge in [0.05, 0.1) is 29.0 Å². The number of halogens is 1. The number of anilines is 2. The van der Waals surface area contributed by atoms with Gasteiger partial charge in [-0.3, -0.25) is 0 Å². The normalized spacial score (nSPS) is 14.4. The molecule has 0 bridgehead atoms. The summed E-state index contributed by atoms with van der Waals surface area (Å²) in [5.41, 5.74) is 10.5. The Bertz CT molecular complexity index is 1400. The fourth-order valence-electron chi connectivity index (χ4n) is 4.10. The van der Waals surface area contributed by atoms with Crippen molar-refractivity contribution >= 4 is 33.4 Å². The molecule has 0 saturated carbocycles. The van der Waals surface area contributed by atoms with Gasteiger partial charge < -0.3 is 25.7 Å². The average Bonchev–Trinajstić information content (AvgIpc) is 3.13. The Labute approximate surface area is 196 Å². The van der Waals surface area contributed by atoms with Crippen molar-refractivity contribution in [3.8, 4) is 11.8 Å². The SMILES string of the molecule is CCNc1cc(F)cc2c1[nH]c1nc(Oc3cnc(C)nc3)nc(N3CC(=C(C)C(C)N)C3)c12. The zero-order valence-electron chi connectivity index (χ0n) is 19.6. The van der Waals surface area contributed by atoms with Crippen LogP contribution in [0.5, 0.6) is 11.8 Å². The van der Waals surface area contributed by atoms with Crippen molar-refractivity contribution < 1.29 is 9.13 Å². The second-order valence-electron chi connectivity index (χ2n) is 8.58. The molecule has 0 spiro atoms. The van der Waals surface area contributed by atoms with Crippen LogP contribution < -0.4 is 20.7 Å². The van der Waals surface area contributed by atoms with Crippen molar-refractivity contribution in [2.75, 3.05) is 29.9 Å². The van der Waals surface area contributed by atoms with E-state index < -0.39 is 0 Å². The maximum Gasteiger partial charge on any atom is 0.326 e. The Morgan fingerprint density at radius 3 is 2.68 bits per heavy atom. The van der Waals surface area contributed by atoms with Crippen LogP contribution in [0.2, 0.25) is 0 Å². The number of aromatic amines is 1. The monoisotopic (exact) mass is 462 g/mol. The molecule has 1 aliphatic heterocycles. The summed E-state index contributed by atoms with van der Waals surface area (Å²) in [6.45, 7) is 9.84. The van der Waals surface area contributed by atoms with Gasteiger partial charge in [-0.25, -0.2) is 14.4 Å². The average molecular weight is 463 g/mol. The van der Waals surface area contributed by atoms with Crippen LogP contribution in [0, 0.1) is 12.7 Å². The number of H-pyrrole nitrogens is 1. The Hall–Kier alpha value is -3.79. The highest BCUT2D eigenvalue weighted by Gasteiger charge is 2.29. The van der Waals surface area contributed by atoms with E-state index in [9.17, 15) is 4.39 Å². The van der Waals surface area contributed by atoms with Gasteiger partial charge in [0.2, 0.25) is 0 Å². The van der Waals surface area contributed by atoms with E-state index in [0.29, 0.717) is 53.7 Å². The van der Waals surface area contributed by atoms with Crippen molar-refractivity contribution in [1.29, 1.82) is 0 Å². The molecule has 0 radical (unpaired) electrons. The van der Waals surface area contributed by atoms with E-state index in [0.717, 1.165) is 10.9 Å². The van der Waals surface area contributed by atoms with Gasteiger partial charge >= 0.3 is 6.01 Å². The van der Waals surface area contributed by atoms with Crippen LogP contribution in [-0.4, -0.2) is 50.6 Å². The van der Waals surface area contributed by atoms with E-state index >= 15 is 0 Å². The van der Waals surface area contributed by atoms with Gasteiger partial charge in [0, 0.05) is 31.1 Å². The molecule has 1 saturated heterocycles. The van der Waals surface area contributed by atoms with Crippen molar-refractivity contribution in [3.63, 3.8) is 0 Å². The first kappa shape index (κ1) is 22.0. The summed E-state index contributed by atoms with van der Waals surface area (Å²) in [5.74, 6) is 1.42. The molecule has 1 aromatic carbocycles. The van der Waals surface area contributed by atoms with Crippen molar-refractivity contribution in [2.45, 2.75) is 33.7 Å². The second-order valence-corrected chi connectivity index (χ2v) is 8.58. The smallest absolute Gasteiger partial charge is 0.326 e. The number of hydrogen-bond donors (Lipinski definition) is 3. The second kappa shape index (κ2) is 8.53. The van der Waals surface area contributed by atoms with Crippen molar-refractivity contribution in [1.82, 2.24) is 24.9 Å². The van der Waals surface area contributed by atoms with Gasteiger partial charge in [0.25, 0.3) is 0 Å². The standard InChI is InChI=1S/C24H27FN8O/c1-5-27-19-7-16(25)6-18-20-22(30-21(18)19)31-24(34-17-8-28-14(4)29-9-17)32-23(20)33-10-15(11-33)12(2)13(3)26/h6-9,13,27H,5,10-11,26H2,1-4H3,(H,30,31,32). The predicted molar refractivity (Wildman–Crippen MR) is 131 cm³/mol. The number of aryl methyl sites for hydroxylation is 1. The lowest BCUT2D eigenvalue weighted by Gasteiger charge is -2.37. The summed E-state index contributed by atoms with van der Waals surface area (Å²) in [6, 6.07) is 3.15. The van der Waals surface area contributed by atoms with Crippen molar-refractivity contribution in [3.05, 3.63) is 47.3 Å². The minimum atomic E-state index is -0.329. The van der Waals surface area contributed by atoms with Crippen LogP contribution in [0.4, 0.5) is 15.9 Å². The van der Waals surface area contributed by atoms with E-state index in [2.05, 4.69) is 37.1 Å². The van der Waals surface area contributed by atoms with E-state index in [1.165, 1.54) is 23.3 Å². The van der Waals surface area contributed by atoms with Gasteiger partial charge in [-0.1, -0.05) is 5.57 Å². The number of rotatable bonds is 6. The number of benzene rings is 1. The molecule has 0 aliphatic carbocycles. The molecule has 4 aromatic rings. The summed E-state index contributed by atoms with van der Waals surface area (Å²) in [6.07, 6.45) is 3.16. The molecule has 176 valence electrons. The van der Waals surface area contributed by atoms with E-state index in [4.69, 9.17) is 15.5 Å². The number of nitrogens with two attached hydrogens (primary N) is 1. The number of nitrogens with zero attached hydrogens (tertiary/aromatic N) is 5. The largest absolute Gasteiger partial charge is 0.421 e. The van der Waals surface area contributed by atoms with Gasteiger partial charge in [0.15, 0.2) is 5.75 Å². The summed E-state index contributed by atoms with van der Waals surface area (Å²) in [5, 5.41) is 4.69. The molecule has 10 heteroatoms. The first-order valence-corrected chi connectivity index (χ1v) is 11.3. The first-order chi connectivity index (χ1) is 16.3. The number of nitrogens with one attached hydrogen (secondary N) is 2. The summed E-state index contributed by atoms with van der Waals surface area (Å²) >= 11 is 0. The molecule has 1 fully saturated rings. The number of hydrogen-bond acceptors (Lipinski definition) is 8. The lowest BCUT2D eigenvalue weighted by atomic mass is 9.97. The van der Waals surface area contributed by atoms with Crippen LogP contribution in [-0.2, 0) is 0 Å². The summed E-state index contributed by atoms with van der Waals surface area (Å²) < 4.78 is 20.4. The highest BCUT2D eigenvalue weighted by atomic mass is 19.1. The fourth-order valence-corrected chi connectivity index (χ4v) is 4.10. The van der Waals surface area contributed by atoms with Crippen LogP contribution in [0.15, 0.2) is 35.7 Å². The van der Waals surface area contributed by atoms with Crippen LogP contribution >= 0.6 is 0 Å². The van der Waals surface area contributed by atoms with E-state index in [1.807, 2.05) is 13.8 Å². The lowest BCUT2D eigenvalue weighted by Crippen LogP contribution is -2.43. The molecule has 1 unspecified atom stereocenters. The van der Waals surface area contributed by atoms with E-state index in [1.54, 1.807) is 19.3 Å². The molecule has 34 heavy (non-hydrogen) atoms. The molecule has 4 heterocycles. The highest BCUT2D eigenvalue weighted by Crippen LogP contribution is 2.39. The minimum absolute atomic E-state index is 0.00661. The van der Waals surface area contributed by atoms with Crippen molar-refractivity contribution in [2.24, 2.45) is 5.73 Å². The third kappa shape index (κ3) is 3.90. The maximum atomic E-state index is 14.5. The lowest BCUT2D eigenvalue weighted by molar-refractivity contribution is 0.438. The molecular weight excluding hydrogens is 435 g/mol. The molecular formula is C24H27FN8O. The third-order valence-electron chi connectivity index (χ3n) is 6.12. The minimum Gasteiger partial charge on any atom is -0.421 e. The summed E-state index contributed by atoms with van der Waals surface area (Å²) in [4.78, 5) is 23.1. The Morgan fingerprint density at radius 2 is 2.00 bits per heavy atom. The Balaban J connectivity index is 1.66. The zero-order chi connectivity index (χ0) is 24.0. The number of aromatic nitrogens is 5. The highest BCUT2D eigenvalue weighted by molar-refractivity contribution is 6.14. The molecule has 4 N–H and O–H groups in total.